The van der Waals surface area contributed by atoms with Gasteiger partial charge in [-0.25, -0.2) is 5.43 Å². The molecule has 0 aliphatic carbocycles. The van der Waals surface area contributed by atoms with Crippen LogP contribution in [0.2, 0.25) is 0 Å². The van der Waals surface area contributed by atoms with Gasteiger partial charge in [-0.3, -0.25) is 10.8 Å². The van der Waals surface area contributed by atoms with Crippen LogP contribution in [0.1, 0.15) is 24.2 Å². The second kappa shape index (κ2) is 6.65. The maximum atomic E-state index is 5.68. The Morgan fingerprint density at radius 3 is 2.74 bits per heavy atom. The van der Waals surface area contributed by atoms with Crippen molar-refractivity contribution in [3.63, 3.8) is 0 Å². The molecule has 0 saturated heterocycles. The lowest BCUT2D eigenvalue weighted by Gasteiger charge is -2.19. The quantitative estimate of drug-likeness (QED) is 0.656. The number of ether oxygens (including phenoxy) is 1. The summed E-state index contributed by atoms with van der Waals surface area (Å²) >= 11 is 3.37. The second-order valence-corrected chi connectivity index (χ2v) is 4.89. The van der Waals surface area contributed by atoms with Gasteiger partial charge in [-0.2, -0.15) is 0 Å². The van der Waals surface area contributed by atoms with Crippen LogP contribution < -0.4 is 16.0 Å². The highest BCUT2D eigenvalue weighted by Gasteiger charge is 2.17. The molecule has 3 N–H and O–H groups in total. The monoisotopic (exact) mass is 321 g/mol. The summed E-state index contributed by atoms with van der Waals surface area (Å²) < 4.78 is 6.57. The van der Waals surface area contributed by atoms with Gasteiger partial charge in [0.15, 0.2) is 0 Å². The van der Waals surface area contributed by atoms with E-state index in [-0.39, 0.29) is 6.04 Å². The normalized spacial score (nSPS) is 12.2. The van der Waals surface area contributed by atoms with Crippen LogP contribution in [0.4, 0.5) is 0 Å². The van der Waals surface area contributed by atoms with E-state index in [1.54, 1.807) is 6.20 Å². The lowest BCUT2D eigenvalue weighted by Crippen LogP contribution is -2.29. The number of halogens is 1. The molecule has 1 heterocycles. The predicted molar refractivity (Wildman–Crippen MR) is 78.7 cm³/mol. The van der Waals surface area contributed by atoms with E-state index in [2.05, 4.69) is 26.3 Å². The first-order valence-corrected chi connectivity index (χ1v) is 6.85. The fourth-order valence-electron chi connectivity index (χ4n) is 1.90. The lowest BCUT2D eigenvalue weighted by molar-refractivity contribution is 0.333. The summed E-state index contributed by atoms with van der Waals surface area (Å²) in [5.41, 5.74) is 4.61. The fraction of sp³-hybridized carbons (Fsp3) is 0.214. The Kier molecular flexibility index (Phi) is 4.90. The number of rotatable bonds is 5. The third-order valence-electron chi connectivity index (χ3n) is 2.74. The Hall–Kier alpha value is -1.43. The molecule has 5 heteroatoms. The van der Waals surface area contributed by atoms with E-state index in [1.165, 1.54) is 0 Å². The number of hydrogen-bond donors (Lipinski definition) is 2. The number of pyridine rings is 1. The van der Waals surface area contributed by atoms with Gasteiger partial charge < -0.3 is 4.74 Å². The molecule has 4 nitrogen and oxygen atoms in total. The summed E-state index contributed by atoms with van der Waals surface area (Å²) in [6.45, 7) is 2.57. The smallest absolute Gasteiger partial charge is 0.124 e. The molecule has 0 bridgehead atoms. The molecule has 1 aromatic carbocycles. The van der Waals surface area contributed by atoms with Gasteiger partial charge >= 0.3 is 0 Å². The molecule has 0 radical (unpaired) electrons. The molecule has 1 aromatic heterocycles. The predicted octanol–water partition coefficient (Wildman–Crippen LogP) is 2.80. The zero-order chi connectivity index (χ0) is 13.7. The minimum Gasteiger partial charge on any atom is -0.494 e. The summed E-state index contributed by atoms with van der Waals surface area (Å²) in [6.07, 6.45) is 1.75. The van der Waals surface area contributed by atoms with Crippen LogP contribution in [-0.2, 0) is 0 Å². The molecular weight excluding hydrogens is 306 g/mol. The molecule has 0 fully saturated rings. The first-order valence-electron chi connectivity index (χ1n) is 6.05. The third kappa shape index (κ3) is 3.32. The van der Waals surface area contributed by atoms with Gasteiger partial charge in [0.05, 0.1) is 18.3 Å². The number of hydrogen-bond acceptors (Lipinski definition) is 4. The largest absolute Gasteiger partial charge is 0.494 e. The van der Waals surface area contributed by atoms with Gasteiger partial charge in [0.2, 0.25) is 0 Å². The number of nitrogens with one attached hydrogen (secondary N) is 1. The molecule has 19 heavy (non-hydrogen) atoms. The Morgan fingerprint density at radius 2 is 2.11 bits per heavy atom. The molecular formula is C14H16BrN3O. The van der Waals surface area contributed by atoms with Gasteiger partial charge in [0.25, 0.3) is 0 Å². The van der Waals surface area contributed by atoms with Crippen LogP contribution >= 0.6 is 15.9 Å². The number of para-hydroxylation sites is 1. The third-order valence-corrected chi connectivity index (χ3v) is 3.21. The Bertz CT molecular complexity index is 530. The number of nitrogens with two attached hydrogens (primary N) is 1. The lowest BCUT2D eigenvalue weighted by atomic mass is 10.0. The standard InChI is InChI=1S/C14H16BrN3O/c1-2-19-13-6-4-3-5-11(13)14(18-16)12-8-7-10(15)9-17-12/h3-9,14,18H,2,16H2,1H3. The second-order valence-electron chi connectivity index (χ2n) is 3.97. The minimum absolute atomic E-state index is 0.198. The molecule has 100 valence electrons. The van der Waals surface area contributed by atoms with Crippen molar-refractivity contribution in [2.45, 2.75) is 13.0 Å². The van der Waals surface area contributed by atoms with Crippen LogP contribution in [-0.4, -0.2) is 11.6 Å². The molecule has 2 rings (SSSR count). The highest BCUT2D eigenvalue weighted by molar-refractivity contribution is 9.10. The van der Waals surface area contributed by atoms with Crippen LogP contribution in [0.25, 0.3) is 0 Å². The fourth-order valence-corrected chi connectivity index (χ4v) is 2.13. The van der Waals surface area contributed by atoms with E-state index < -0.39 is 0 Å². The number of aromatic nitrogens is 1. The van der Waals surface area contributed by atoms with Crippen molar-refractivity contribution in [2.24, 2.45) is 5.84 Å². The van der Waals surface area contributed by atoms with Crippen LogP contribution in [0.5, 0.6) is 5.75 Å². The Balaban J connectivity index is 2.39. The van der Waals surface area contributed by atoms with Crippen molar-refractivity contribution in [1.82, 2.24) is 10.4 Å². The van der Waals surface area contributed by atoms with Gasteiger partial charge in [-0.15, -0.1) is 0 Å². The van der Waals surface area contributed by atoms with Crippen molar-refractivity contribution >= 4 is 15.9 Å². The maximum Gasteiger partial charge on any atom is 0.124 e. The van der Waals surface area contributed by atoms with Crippen molar-refractivity contribution in [3.05, 3.63) is 58.3 Å². The van der Waals surface area contributed by atoms with Crippen molar-refractivity contribution in [2.75, 3.05) is 6.61 Å². The molecule has 0 aliphatic heterocycles. The van der Waals surface area contributed by atoms with Crippen LogP contribution in [0, 0.1) is 0 Å². The van der Waals surface area contributed by atoms with E-state index in [0.29, 0.717) is 6.61 Å². The molecule has 0 spiro atoms. The van der Waals surface area contributed by atoms with Crippen LogP contribution in [0.15, 0.2) is 47.1 Å². The molecule has 1 atom stereocenters. The Morgan fingerprint density at radius 1 is 1.32 bits per heavy atom. The molecule has 0 saturated carbocycles. The Labute approximate surface area is 121 Å². The average molecular weight is 322 g/mol. The molecule has 1 unspecified atom stereocenters. The molecule has 0 amide bonds. The zero-order valence-electron chi connectivity index (χ0n) is 10.6. The van der Waals surface area contributed by atoms with Crippen LogP contribution in [0.3, 0.4) is 0 Å². The van der Waals surface area contributed by atoms with E-state index in [4.69, 9.17) is 10.6 Å². The highest BCUT2D eigenvalue weighted by Crippen LogP contribution is 2.28. The number of hydrazine groups is 1. The van der Waals surface area contributed by atoms with E-state index in [1.807, 2.05) is 43.3 Å². The SMILES string of the molecule is CCOc1ccccc1C(NN)c1ccc(Br)cn1. The minimum atomic E-state index is -0.198. The summed E-state index contributed by atoms with van der Waals surface area (Å²) in [6, 6.07) is 11.5. The van der Waals surface area contributed by atoms with Crippen molar-refractivity contribution in [1.29, 1.82) is 0 Å². The number of benzene rings is 1. The first-order chi connectivity index (χ1) is 9.26. The van der Waals surface area contributed by atoms with Gasteiger partial charge in [0, 0.05) is 16.2 Å². The van der Waals surface area contributed by atoms with E-state index in [9.17, 15) is 0 Å². The summed E-state index contributed by atoms with van der Waals surface area (Å²) in [7, 11) is 0. The molecule has 2 aromatic rings. The van der Waals surface area contributed by atoms with Gasteiger partial charge in [0.1, 0.15) is 5.75 Å². The van der Waals surface area contributed by atoms with Gasteiger partial charge in [-0.05, 0) is 41.1 Å². The number of nitrogens with zero attached hydrogens (tertiary/aromatic N) is 1. The van der Waals surface area contributed by atoms with Crippen molar-refractivity contribution in [3.8, 4) is 5.75 Å². The van der Waals surface area contributed by atoms with Crippen molar-refractivity contribution < 1.29 is 4.74 Å². The van der Waals surface area contributed by atoms with Gasteiger partial charge in [-0.1, -0.05) is 18.2 Å². The summed E-state index contributed by atoms with van der Waals surface area (Å²) in [4.78, 5) is 4.38. The zero-order valence-corrected chi connectivity index (χ0v) is 12.2. The average Bonchev–Trinajstić information content (AvgIpc) is 2.44. The first kappa shape index (κ1) is 14.0. The highest BCUT2D eigenvalue weighted by atomic mass is 79.9. The van der Waals surface area contributed by atoms with E-state index >= 15 is 0 Å². The molecule has 0 aliphatic rings. The van der Waals surface area contributed by atoms with E-state index in [0.717, 1.165) is 21.5 Å². The summed E-state index contributed by atoms with van der Waals surface area (Å²) in [5.74, 6) is 6.50. The summed E-state index contributed by atoms with van der Waals surface area (Å²) in [5, 5.41) is 0. The topological polar surface area (TPSA) is 60.2 Å². The maximum absolute atomic E-state index is 5.68.